The van der Waals surface area contributed by atoms with Gasteiger partial charge in [0.25, 0.3) is 0 Å². The lowest BCUT2D eigenvalue weighted by atomic mass is 9.81. The van der Waals surface area contributed by atoms with Crippen LogP contribution in [0.1, 0.15) is 25.7 Å². The van der Waals surface area contributed by atoms with Crippen molar-refractivity contribution in [1.82, 2.24) is 4.90 Å². The van der Waals surface area contributed by atoms with Crippen LogP contribution in [-0.4, -0.2) is 35.0 Å². The number of nitrogens with zero attached hydrogens (tertiary/aromatic N) is 1. The van der Waals surface area contributed by atoms with Crippen molar-refractivity contribution in [3.8, 4) is 0 Å². The average molecular weight is 207 g/mol. The van der Waals surface area contributed by atoms with Crippen LogP contribution in [0.25, 0.3) is 0 Å². The Morgan fingerprint density at radius 2 is 1.47 bits per heavy atom. The van der Waals surface area contributed by atoms with Gasteiger partial charge in [-0.2, -0.15) is 0 Å². The quantitative estimate of drug-likeness (QED) is 0.581. The number of likely N-dealkylation sites (tertiary alicyclic amines) is 1. The third-order valence-electron chi connectivity index (χ3n) is 4.23. The Labute approximate surface area is 87.6 Å². The van der Waals surface area contributed by atoms with Crippen molar-refractivity contribution in [2.24, 2.45) is 11.8 Å². The molecule has 0 spiro atoms. The summed E-state index contributed by atoms with van der Waals surface area (Å²) in [5.74, 6) is -0.145. The average Bonchev–Trinajstić information content (AvgIpc) is 2.75. The Morgan fingerprint density at radius 1 is 0.933 bits per heavy atom. The lowest BCUT2D eigenvalue weighted by Gasteiger charge is -2.16. The van der Waals surface area contributed by atoms with Crippen molar-refractivity contribution in [2.45, 2.75) is 43.9 Å². The summed E-state index contributed by atoms with van der Waals surface area (Å²) in [4.78, 5) is 25.7. The van der Waals surface area contributed by atoms with E-state index >= 15 is 0 Å². The molecule has 4 heteroatoms. The highest BCUT2D eigenvalue weighted by Gasteiger charge is 2.64. The van der Waals surface area contributed by atoms with Crippen molar-refractivity contribution >= 4 is 11.8 Å². The molecule has 0 aromatic rings. The number of hydrogen-bond acceptors (Lipinski definition) is 3. The molecule has 15 heavy (non-hydrogen) atoms. The molecule has 2 bridgehead atoms. The predicted molar refractivity (Wildman–Crippen MR) is 49.8 cm³/mol. The topological polar surface area (TPSA) is 46.6 Å². The first-order chi connectivity index (χ1) is 7.27. The van der Waals surface area contributed by atoms with Gasteiger partial charge < -0.3 is 4.74 Å². The molecule has 4 fully saturated rings. The van der Waals surface area contributed by atoms with Crippen LogP contribution < -0.4 is 0 Å². The zero-order valence-electron chi connectivity index (χ0n) is 8.39. The highest BCUT2D eigenvalue weighted by atomic mass is 16.5. The minimum Gasteiger partial charge on any atom is -0.373 e. The lowest BCUT2D eigenvalue weighted by molar-refractivity contribution is -0.143. The maximum atomic E-state index is 12.1. The summed E-state index contributed by atoms with van der Waals surface area (Å²) < 4.78 is 5.66. The van der Waals surface area contributed by atoms with Gasteiger partial charge in [0.2, 0.25) is 11.8 Å². The van der Waals surface area contributed by atoms with Gasteiger partial charge in [-0.25, -0.2) is 0 Å². The molecule has 4 nitrogen and oxygen atoms in total. The van der Waals surface area contributed by atoms with Crippen LogP contribution in [0.2, 0.25) is 0 Å². The van der Waals surface area contributed by atoms with Gasteiger partial charge in [-0.15, -0.1) is 0 Å². The van der Waals surface area contributed by atoms with E-state index in [9.17, 15) is 9.59 Å². The van der Waals surface area contributed by atoms with Gasteiger partial charge in [-0.1, -0.05) is 0 Å². The smallest absolute Gasteiger partial charge is 0.236 e. The summed E-state index contributed by atoms with van der Waals surface area (Å²) in [5, 5.41) is 0. The molecule has 4 atom stereocenters. The molecule has 0 N–H and O–H groups in total. The van der Waals surface area contributed by atoms with E-state index in [-0.39, 0.29) is 41.9 Å². The summed E-state index contributed by atoms with van der Waals surface area (Å²) in [7, 11) is 0. The molecule has 3 heterocycles. The van der Waals surface area contributed by atoms with E-state index in [0.29, 0.717) is 0 Å². The summed E-state index contributed by atoms with van der Waals surface area (Å²) in [6.45, 7) is 0. The molecule has 3 aliphatic heterocycles. The second-order valence-corrected chi connectivity index (χ2v) is 5.12. The second-order valence-electron chi connectivity index (χ2n) is 5.12. The van der Waals surface area contributed by atoms with E-state index in [1.807, 2.05) is 0 Å². The largest absolute Gasteiger partial charge is 0.373 e. The van der Waals surface area contributed by atoms with Crippen molar-refractivity contribution in [2.75, 3.05) is 0 Å². The van der Waals surface area contributed by atoms with Crippen molar-refractivity contribution in [3.63, 3.8) is 0 Å². The number of amides is 2. The first-order valence-corrected chi connectivity index (χ1v) is 5.80. The van der Waals surface area contributed by atoms with Crippen molar-refractivity contribution in [1.29, 1.82) is 0 Å². The van der Waals surface area contributed by atoms with Crippen molar-refractivity contribution in [3.05, 3.63) is 0 Å². The fraction of sp³-hybridized carbons (Fsp3) is 0.818. The Hall–Kier alpha value is -0.900. The van der Waals surface area contributed by atoms with E-state index in [4.69, 9.17) is 4.74 Å². The maximum Gasteiger partial charge on any atom is 0.236 e. The van der Waals surface area contributed by atoms with Gasteiger partial charge in [0.1, 0.15) is 0 Å². The summed E-state index contributed by atoms with van der Waals surface area (Å²) >= 11 is 0. The number of fused-ring (bicyclic) bond motifs is 5. The Kier molecular flexibility index (Phi) is 1.34. The van der Waals surface area contributed by atoms with Crippen LogP contribution in [0, 0.1) is 11.8 Å². The summed E-state index contributed by atoms with van der Waals surface area (Å²) in [6, 6.07) is 0.231. The molecule has 1 aliphatic carbocycles. The van der Waals surface area contributed by atoms with Crippen LogP contribution in [0.15, 0.2) is 0 Å². The molecule has 3 saturated heterocycles. The number of imide groups is 1. The number of hydrogen-bond donors (Lipinski definition) is 0. The SMILES string of the molecule is O=C1[C@@H]2[C@@H](C(=O)N1C1CC1)[C@@H]1CC[C@@H]2O1. The first kappa shape index (κ1) is 8.28. The molecule has 4 rings (SSSR count). The fourth-order valence-electron chi connectivity index (χ4n) is 3.43. The van der Waals surface area contributed by atoms with Gasteiger partial charge in [-0.3, -0.25) is 14.5 Å². The summed E-state index contributed by atoms with van der Waals surface area (Å²) in [5.41, 5.74) is 0. The fourth-order valence-corrected chi connectivity index (χ4v) is 3.43. The zero-order valence-corrected chi connectivity index (χ0v) is 8.39. The first-order valence-electron chi connectivity index (χ1n) is 5.80. The van der Waals surface area contributed by atoms with Crippen LogP contribution in [-0.2, 0) is 14.3 Å². The molecule has 2 amide bonds. The Bertz CT molecular complexity index is 335. The van der Waals surface area contributed by atoms with E-state index in [0.717, 1.165) is 25.7 Å². The second kappa shape index (κ2) is 2.43. The van der Waals surface area contributed by atoms with E-state index in [2.05, 4.69) is 0 Å². The number of carbonyl (C=O) groups is 2. The molecule has 0 aromatic heterocycles. The molecular weight excluding hydrogens is 194 g/mol. The van der Waals surface area contributed by atoms with E-state index in [1.54, 1.807) is 4.90 Å². The predicted octanol–water partition coefficient (Wildman–Crippen LogP) is 0.311. The number of carbonyl (C=O) groups excluding carboxylic acids is 2. The molecule has 0 aromatic carbocycles. The maximum absolute atomic E-state index is 12.1. The molecular formula is C11H13NO3. The van der Waals surface area contributed by atoms with Crippen LogP contribution in [0.3, 0.4) is 0 Å². The highest BCUT2D eigenvalue weighted by Crippen LogP contribution is 2.50. The normalized spacial score (nSPS) is 47.9. The van der Waals surface area contributed by atoms with E-state index in [1.165, 1.54) is 0 Å². The number of rotatable bonds is 1. The van der Waals surface area contributed by atoms with Gasteiger partial charge in [0.15, 0.2) is 0 Å². The molecule has 4 aliphatic rings. The van der Waals surface area contributed by atoms with Gasteiger partial charge in [-0.05, 0) is 25.7 Å². The minimum atomic E-state index is -0.128. The highest BCUT2D eigenvalue weighted by molar-refractivity contribution is 6.06. The van der Waals surface area contributed by atoms with Gasteiger partial charge in [0.05, 0.1) is 24.0 Å². The van der Waals surface area contributed by atoms with Crippen LogP contribution >= 0.6 is 0 Å². The van der Waals surface area contributed by atoms with E-state index < -0.39 is 0 Å². The van der Waals surface area contributed by atoms with Gasteiger partial charge >= 0.3 is 0 Å². The van der Waals surface area contributed by atoms with Crippen LogP contribution in [0.4, 0.5) is 0 Å². The van der Waals surface area contributed by atoms with Crippen molar-refractivity contribution < 1.29 is 14.3 Å². The van der Waals surface area contributed by atoms with Crippen LogP contribution in [0.5, 0.6) is 0 Å². The third-order valence-corrected chi connectivity index (χ3v) is 4.23. The monoisotopic (exact) mass is 207 g/mol. The molecule has 0 radical (unpaired) electrons. The standard InChI is InChI=1S/C11H13NO3/c13-10-8-6-3-4-7(15-6)9(8)11(14)12(10)5-1-2-5/h5-9H,1-4H2/t6-,7-,8-,9-/m0/s1. The minimum absolute atomic E-state index is 0.0419. The number of ether oxygens (including phenoxy) is 1. The summed E-state index contributed by atoms with van der Waals surface area (Å²) in [6.07, 6.45) is 4.02. The lowest BCUT2D eigenvalue weighted by Crippen LogP contribution is -2.35. The molecule has 1 saturated carbocycles. The third kappa shape index (κ3) is 0.869. The zero-order chi connectivity index (χ0) is 10.2. The van der Waals surface area contributed by atoms with Gasteiger partial charge in [0, 0.05) is 6.04 Å². The Balaban J connectivity index is 1.74. The Morgan fingerprint density at radius 3 is 1.93 bits per heavy atom. The molecule has 0 unspecified atom stereocenters. The molecule has 80 valence electrons.